The maximum atomic E-state index is 14.5. The zero-order valence-electron chi connectivity index (χ0n) is 43.6. The Hall–Kier alpha value is -6.91. The predicted octanol–water partition coefficient (Wildman–Crippen LogP) is 3.20. The number of allylic oxidation sites excluding steroid dienone is 1. The van der Waals surface area contributed by atoms with Crippen molar-refractivity contribution in [3.05, 3.63) is 88.4 Å². The lowest BCUT2D eigenvalue weighted by atomic mass is 9.88. The second kappa shape index (κ2) is 26.0. The number of fused-ring (bicyclic) bond motifs is 5. The number of nitriles is 1. The Kier molecular flexibility index (Phi) is 19.0. The average molecular weight is 1080 g/mol. The maximum Gasteiger partial charge on any atom is 0.258 e. The fraction of sp³-hybridized carbons (Fsp3) is 0.509. The van der Waals surface area contributed by atoms with Crippen molar-refractivity contribution in [2.45, 2.75) is 82.3 Å². The molecule has 2 bridgehead atoms. The number of likely N-dealkylation sites (N-methyl/N-ethyl adjacent to an activating group) is 2. The number of aromatic nitrogens is 2. The molecule has 5 aliphatic rings. The van der Waals surface area contributed by atoms with E-state index in [1.807, 2.05) is 4.90 Å². The number of hydrazone groups is 1. The van der Waals surface area contributed by atoms with Crippen LogP contribution in [0.15, 0.2) is 64.5 Å². The van der Waals surface area contributed by atoms with Gasteiger partial charge in [0, 0.05) is 61.1 Å². The molecular formula is C53H65F2N13O8S. The van der Waals surface area contributed by atoms with Gasteiger partial charge < -0.3 is 50.6 Å². The van der Waals surface area contributed by atoms with E-state index in [1.165, 1.54) is 76.5 Å². The first-order chi connectivity index (χ1) is 37.1. The summed E-state index contributed by atoms with van der Waals surface area (Å²) in [6, 6.07) is 8.41. The van der Waals surface area contributed by atoms with Gasteiger partial charge in [-0.3, -0.25) is 34.0 Å². The van der Waals surface area contributed by atoms with Gasteiger partial charge in [0.2, 0.25) is 17.7 Å². The van der Waals surface area contributed by atoms with Crippen LogP contribution in [0.3, 0.4) is 0 Å². The largest absolute Gasteiger partial charge is 0.467 e. The molecule has 0 spiro atoms. The van der Waals surface area contributed by atoms with Gasteiger partial charge in [-0.1, -0.05) is 0 Å². The summed E-state index contributed by atoms with van der Waals surface area (Å²) in [4.78, 5) is 86.8. The first-order valence-corrected chi connectivity index (χ1v) is 26.9. The van der Waals surface area contributed by atoms with Crippen molar-refractivity contribution in [1.29, 1.82) is 5.26 Å². The smallest absolute Gasteiger partial charge is 0.258 e. The quantitative estimate of drug-likeness (QED) is 0.0936. The number of ether oxygens (including phenoxy) is 3. The summed E-state index contributed by atoms with van der Waals surface area (Å²) in [6.07, 6.45) is 4.98. The Bertz CT molecular complexity index is 2810. The second-order valence-corrected chi connectivity index (χ2v) is 20.5. The van der Waals surface area contributed by atoms with E-state index in [9.17, 15) is 38.0 Å². The van der Waals surface area contributed by atoms with Gasteiger partial charge in [0.15, 0.2) is 11.6 Å². The summed E-state index contributed by atoms with van der Waals surface area (Å²) in [5, 5.41) is 26.0. The molecule has 2 unspecified atom stereocenters. The molecule has 4 amide bonds. The Morgan fingerprint density at radius 2 is 1.74 bits per heavy atom. The highest BCUT2D eigenvalue weighted by Crippen LogP contribution is 2.36. The highest BCUT2D eigenvalue weighted by molar-refractivity contribution is 8.14. The summed E-state index contributed by atoms with van der Waals surface area (Å²) in [7, 11) is 3.24. The number of anilines is 1. The van der Waals surface area contributed by atoms with E-state index in [0.29, 0.717) is 75.5 Å². The van der Waals surface area contributed by atoms with Crippen molar-refractivity contribution in [2.75, 3.05) is 91.3 Å². The fourth-order valence-corrected chi connectivity index (χ4v) is 11.2. The predicted molar refractivity (Wildman–Crippen MR) is 284 cm³/mol. The molecule has 8 rings (SSSR count). The number of thioether (sulfide) groups is 1. The number of likely N-dealkylation sites (tertiary alicyclic amines) is 2. The number of halogens is 2. The number of hydrogen-bond acceptors (Lipinski definition) is 18. The molecule has 0 radical (unpaired) electrons. The number of nitrogens with two attached hydrogens (primary N) is 1. The molecule has 0 aliphatic carbocycles. The minimum absolute atomic E-state index is 0.0368. The lowest BCUT2D eigenvalue weighted by molar-refractivity contribution is -0.138. The molecule has 21 nitrogen and oxygen atoms in total. The number of Topliss-reactive ketones (excluding diaryl/α,β-unsaturated/α-hetero) is 1. The van der Waals surface area contributed by atoms with Crippen molar-refractivity contribution in [3.8, 4) is 11.9 Å². The molecule has 6 heterocycles. The van der Waals surface area contributed by atoms with Crippen LogP contribution in [0.5, 0.6) is 5.88 Å². The van der Waals surface area contributed by atoms with Crippen LogP contribution in [0.2, 0.25) is 0 Å². The van der Waals surface area contributed by atoms with Gasteiger partial charge in [0.1, 0.15) is 41.6 Å². The van der Waals surface area contributed by atoms with E-state index in [4.69, 9.17) is 24.9 Å². The number of nitrogens with zero attached hydrogens (tertiary/aromatic N) is 9. The third-order valence-electron chi connectivity index (χ3n) is 14.5. The van der Waals surface area contributed by atoms with Gasteiger partial charge in [0.25, 0.3) is 11.8 Å². The van der Waals surface area contributed by atoms with Crippen LogP contribution < -0.4 is 26.4 Å². The number of benzene rings is 2. The van der Waals surface area contributed by atoms with E-state index < -0.39 is 47.8 Å². The average Bonchev–Trinajstić information content (AvgIpc) is 4.15. The third kappa shape index (κ3) is 13.4. The monoisotopic (exact) mass is 1080 g/mol. The van der Waals surface area contributed by atoms with E-state index in [0.717, 1.165) is 11.5 Å². The Morgan fingerprint density at radius 3 is 2.48 bits per heavy atom. The maximum absolute atomic E-state index is 14.5. The number of nitrogens with one attached hydrogen (secondary N) is 3. The zero-order valence-corrected chi connectivity index (χ0v) is 44.4. The van der Waals surface area contributed by atoms with Crippen LogP contribution in [-0.4, -0.2) is 186 Å². The number of carbonyl (C=O) groups is 5. The lowest BCUT2D eigenvalue weighted by Crippen LogP contribution is -2.58. The fourth-order valence-electron chi connectivity index (χ4n) is 9.97. The molecule has 77 heavy (non-hydrogen) atoms. The van der Waals surface area contributed by atoms with E-state index in [2.05, 4.69) is 42.0 Å². The van der Waals surface area contributed by atoms with Crippen molar-refractivity contribution < 1.29 is 47.0 Å². The van der Waals surface area contributed by atoms with Crippen LogP contribution in [0.25, 0.3) is 5.57 Å². The molecule has 2 fully saturated rings. The number of ketones is 1. The van der Waals surface area contributed by atoms with Crippen molar-refractivity contribution >= 4 is 63.8 Å². The summed E-state index contributed by atoms with van der Waals surface area (Å²) in [5.74, 6) is -2.04. The standard InChI is InChI=1S/C53H65F2N13O8S/c1-31(58-3)49(71)64-46(53(73)67-17-5-6-41(67)51-63-40(30-77-51)47(70)34-7-9-35(54)10-8-34)33-13-18-66(19-14-33)21-23-75-25-24-74-22-15-44(69)59-16-20-68-42(27-56)45-39-28-60-48(57)50(62-39)76-32(2)38-26-36(55)11-12-37(38)52(72)65(4)43(45)29-61-68/h7-12,26,28-29,31-33,40-41,43,46,58H,5-6,13-25,30H2,1-4H3,(H2,57,60)(H,59,69)(H,64,71)/t31-,32+,40?,41-,43?,46-/m0/s1. The minimum atomic E-state index is -0.883. The normalized spacial score (nSPS) is 21.5. The summed E-state index contributed by atoms with van der Waals surface area (Å²) >= 11 is 1.48. The van der Waals surface area contributed by atoms with Gasteiger partial charge >= 0.3 is 0 Å². The highest BCUT2D eigenvalue weighted by Gasteiger charge is 2.43. The summed E-state index contributed by atoms with van der Waals surface area (Å²) in [6.45, 7) is 7.43. The zero-order chi connectivity index (χ0) is 54.8. The summed E-state index contributed by atoms with van der Waals surface area (Å²) in [5.41, 5.74) is 7.57. The van der Waals surface area contributed by atoms with Crippen LogP contribution in [0.1, 0.15) is 84.0 Å². The van der Waals surface area contributed by atoms with Crippen LogP contribution in [0.4, 0.5) is 14.6 Å². The number of rotatable bonds is 20. The van der Waals surface area contributed by atoms with Crippen LogP contribution in [0, 0.1) is 28.9 Å². The van der Waals surface area contributed by atoms with Gasteiger partial charge in [-0.15, -0.1) is 11.8 Å². The Balaban J connectivity index is 0.757. The Morgan fingerprint density at radius 1 is 1.00 bits per heavy atom. The first kappa shape index (κ1) is 56.3. The number of nitrogen functional groups attached to an aromatic ring is 1. The molecule has 2 saturated heterocycles. The van der Waals surface area contributed by atoms with Gasteiger partial charge in [0.05, 0.1) is 74.2 Å². The van der Waals surface area contributed by atoms with Gasteiger partial charge in [-0.25, -0.2) is 18.7 Å². The Labute approximate surface area is 450 Å². The molecule has 2 aromatic carbocycles. The number of aliphatic imine (C=N–C) groups is 1. The van der Waals surface area contributed by atoms with E-state index >= 15 is 0 Å². The van der Waals surface area contributed by atoms with Crippen molar-refractivity contribution in [1.82, 2.24) is 45.6 Å². The molecular weight excluding hydrogens is 1020 g/mol. The van der Waals surface area contributed by atoms with Gasteiger partial charge in [-0.05, 0) is 108 Å². The molecule has 5 N–H and O–H groups in total. The number of amides is 4. The minimum Gasteiger partial charge on any atom is -0.467 e. The van der Waals surface area contributed by atoms with Crippen LogP contribution >= 0.6 is 11.8 Å². The lowest BCUT2D eigenvalue weighted by Gasteiger charge is -2.38. The van der Waals surface area contributed by atoms with Crippen LogP contribution in [-0.2, 0) is 23.9 Å². The summed E-state index contributed by atoms with van der Waals surface area (Å²) < 4.78 is 45.5. The SMILES string of the molecule is CN[C@@H](C)C(=O)N[C@H](C(=O)N1CCC[C@H]1C1=NC(C(=O)c2ccc(F)cc2)CS1)C1CCN(CCOCCOCCC(=O)NCCN2N=CC3C(=C2C#N)c2cnc(N)c(n2)O[C@H](C)c2cc(F)ccc2C(=O)N3C)CC1. The van der Waals surface area contributed by atoms with Gasteiger partial charge in [-0.2, -0.15) is 10.4 Å². The topological polar surface area (TPSA) is 262 Å². The molecule has 5 aliphatic heterocycles. The van der Waals surface area contributed by atoms with Crippen molar-refractivity contribution in [3.63, 3.8) is 0 Å². The number of hydrogen-bond donors (Lipinski definition) is 4. The molecule has 410 valence electrons. The molecule has 24 heteroatoms. The van der Waals surface area contributed by atoms with E-state index in [-0.39, 0.29) is 102 Å². The molecule has 6 atom stereocenters. The third-order valence-corrected chi connectivity index (χ3v) is 15.6. The molecule has 0 saturated carbocycles. The molecule has 3 aromatic rings. The highest BCUT2D eigenvalue weighted by atomic mass is 32.2. The molecule has 1 aromatic heterocycles. The van der Waals surface area contributed by atoms with E-state index in [1.54, 1.807) is 27.9 Å². The first-order valence-electron chi connectivity index (χ1n) is 25.9. The number of piperidine rings is 1. The van der Waals surface area contributed by atoms with Crippen molar-refractivity contribution in [2.24, 2.45) is 16.0 Å². The number of carbonyl (C=O) groups excluding carboxylic acids is 5. The second-order valence-electron chi connectivity index (χ2n) is 19.4.